The quantitative estimate of drug-likeness (QED) is 0.574. The van der Waals surface area contributed by atoms with Crippen LogP contribution in [0.5, 0.6) is 0 Å². The van der Waals surface area contributed by atoms with Crippen molar-refractivity contribution in [3.63, 3.8) is 0 Å². The molecule has 2 aromatic carbocycles. The molecule has 0 heterocycles. The molecule has 0 fully saturated rings. The lowest BCUT2D eigenvalue weighted by Gasteiger charge is -2.08. The number of carbonyl (C=O) groups excluding carboxylic acids is 1. The Balaban J connectivity index is 1.82. The summed E-state index contributed by atoms with van der Waals surface area (Å²) in [5.41, 5.74) is 6.85. The molecule has 3 N–H and O–H groups in total. The first-order valence-electron chi connectivity index (χ1n) is 6.28. The van der Waals surface area contributed by atoms with Gasteiger partial charge in [0.2, 0.25) is 5.91 Å². The van der Waals surface area contributed by atoms with Crippen LogP contribution in [0.3, 0.4) is 0 Å². The fourth-order valence-electron chi connectivity index (χ4n) is 1.64. The van der Waals surface area contributed by atoms with Crippen LogP contribution in [0.2, 0.25) is 5.02 Å². The van der Waals surface area contributed by atoms with Crippen molar-refractivity contribution in [1.29, 1.82) is 0 Å². The molecule has 0 bridgehead atoms. The highest BCUT2D eigenvalue weighted by atomic mass is 79.9. The van der Waals surface area contributed by atoms with Crippen LogP contribution < -0.4 is 11.1 Å². The first kappa shape index (κ1) is 16.2. The van der Waals surface area contributed by atoms with E-state index in [1.54, 1.807) is 30.0 Å². The molecule has 21 heavy (non-hydrogen) atoms. The molecule has 110 valence electrons. The zero-order valence-corrected chi connectivity index (χ0v) is 14.3. The van der Waals surface area contributed by atoms with E-state index in [9.17, 15) is 4.79 Å². The van der Waals surface area contributed by atoms with Crippen molar-refractivity contribution in [3.05, 3.63) is 52.0 Å². The molecule has 2 aromatic rings. The molecule has 1 amide bonds. The number of hydrogen-bond acceptors (Lipinski definition) is 3. The van der Waals surface area contributed by atoms with Crippen LogP contribution in [0.15, 0.2) is 51.8 Å². The van der Waals surface area contributed by atoms with Gasteiger partial charge in [0.15, 0.2) is 0 Å². The van der Waals surface area contributed by atoms with Crippen LogP contribution in [0.4, 0.5) is 11.4 Å². The summed E-state index contributed by atoms with van der Waals surface area (Å²) in [5.74, 6) is 0.627. The number of amides is 1. The van der Waals surface area contributed by atoms with Crippen molar-refractivity contribution in [1.82, 2.24) is 0 Å². The van der Waals surface area contributed by atoms with Gasteiger partial charge in [-0.25, -0.2) is 0 Å². The molecule has 0 aliphatic heterocycles. The average Bonchev–Trinajstić information content (AvgIpc) is 2.45. The molecule has 3 nitrogen and oxygen atoms in total. The third kappa shape index (κ3) is 5.26. The Morgan fingerprint density at radius 1 is 1.24 bits per heavy atom. The van der Waals surface area contributed by atoms with Gasteiger partial charge in [0.25, 0.3) is 0 Å². The van der Waals surface area contributed by atoms with E-state index < -0.39 is 0 Å². The largest absolute Gasteiger partial charge is 0.397 e. The van der Waals surface area contributed by atoms with Gasteiger partial charge < -0.3 is 11.1 Å². The summed E-state index contributed by atoms with van der Waals surface area (Å²) in [4.78, 5) is 13.0. The first-order chi connectivity index (χ1) is 10.0. The SMILES string of the molecule is Nc1ccc(Cl)cc1NC(=O)CCSc1ccc(Br)cc1. The lowest BCUT2D eigenvalue weighted by molar-refractivity contribution is -0.115. The second kappa shape index (κ2) is 7.73. The Hall–Kier alpha value is -1.17. The van der Waals surface area contributed by atoms with Crippen molar-refractivity contribution in [3.8, 4) is 0 Å². The summed E-state index contributed by atoms with van der Waals surface area (Å²) in [5, 5.41) is 3.32. The second-order valence-electron chi connectivity index (χ2n) is 4.33. The van der Waals surface area contributed by atoms with Crippen LogP contribution in [-0.4, -0.2) is 11.7 Å². The summed E-state index contributed by atoms with van der Waals surface area (Å²) < 4.78 is 1.04. The van der Waals surface area contributed by atoms with Gasteiger partial charge >= 0.3 is 0 Å². The number of thioether (sulfide) groups is 1. The predicted molar refractivity (Wildman–Crippen MR) is 94.0 cm³/mol. The Bertz CT molecular complexity index is 634. The number of rotatable bonds is 5. The van der Waals surface area contributed by atoms with Gasteiger partial charge in [-0.3, -0.25) is 4.79 Å². The lowest BCUT2D eigenvalue weighted by atomic mass is 10.2. The third-order valence-electron chi connectivity index (χ3n) is 2.70. The monoisotopic (exact) mass is 384 g/mol. The Kier molecular flexibility index (Phi) is 5.96. The van der Waals surface area contributed by atoms with Crippen LogP contribution >= 0.6 is 39.3 Å². The first-order valence-corrected chi connectivity index (χ1v) is 8.43. The van der Waals surface area contributed by atoms with Gasteiger partial charge in [0, 0.05) is 26.6 Å². The summed E-state index contributed by atoms with van der Waals surface area (Å²) in [7, 11) is 0. The third-order valence-corrected chi connectivity index (χ3v) is 4.48. The minimum Gasteiger partial charge on any atom is -0.397 e. The molecule has 2 rings (SSSR count). The molecule has 6 heteroatoms. The van der Waals surface area contributed by atoms with Crippen LogP contribution in [0.1, 0.15) is 6.42 Å². The highest BCUT2D eigenvalue weighted by Gasteiger charge is 2.06. The van der Waals surface area contributed by atoms with Crippen molar-refractivity contribution < 1.29 is 4.79 Å². The minimum absolute atomic E-state index is 0.0754. The number of halogens is 2. The van der Waals surface area contributed by atoms with E-state index in [0.717, 1.165) is 9.37 Å². The maximum Gasteiger partial charge on any atom is 0.225 e. The number of nitrogens with one attached hydrogen (secondary N) is 1. The summed E-state index contributed by atoms with van der Waals surface area (Å²) in [6, 6.07) is 13.0. The minimum atomic E-state index is -0.0754. The maximum absolute atomic E-state index is 11.9. The van der Waals surface area contributed by atoms with Gasteiger partial charge in [-0.05, 0) is 42.5 Å². The smallest absolute Gasteiger partial charge is 0.225 e. The van der Waals surface area contributed by atoms with E-state index in [2.05, 4.69) is 21.2 Å². The average molecular weight is 386 g/mol. The molecular weight excluding hydrogens is 372 g/mol. The van der Waals surface area contributed by atoms with Crippen LogP contribution in [-0.2, 0) is 4.79 Å². The maximum atomic E-state index is 11.9. The van der Waals surface area contributed by atoms with Gasteiger partial charge in [-0.15, -0.1) is 11.8 Å². The second-order valence-corrected chi connectivity index (χ2v) is 6.85. The topological polar surface area (TPSA) is 55.1 Å². The van der Waals surface area contributed by atoms with Crippen LogP contribution in [0.25, 0.3) is 0 Å². The molecule has 0 unspecified atom stereocenters. The molecule has 0 saturated carbocycles. The summed E-state index contributed by atoms with van der Waals surface area (Å²) >= 11 is 10.9. The van der Waals surface area contributed by atoms with Gasteiger partial charge in [-0.2, -0.15) is 0 Å². The number of nitrogens with two attached hydrogens (primary N) is 1. The fourth-order valence-corrected chi connectivity index (χ4v) is 2.93. The summed E-state index contributed by atoms with van der Waals surface area (Å²) in [6.07, 6.45) is 0.409. The Morgan fingerprint density at radius 3 is 2.67 bits per heavy atom. The normalized spacial score (nSPS) is 10.4. The fraction of sp³-hybridized carbons (Fsp3) is 0.133. The molecule has 0 aliphatic carbocycles. The van der Waals surface area contributed by atoms with Crippen LogP contribution in [0, 0.1) is 0 Å². The van der Waals surface area contributed by atoms with E-state index in [0.29, 0.717) is 28.6 Å². The molecule has 0 atom stereocenters. The highest BCUT2D eigenvalue weighted by molar-refractivity contribution is 9.10. The van der Waals surface area contributed by atoms with Crippen molar-refractivity contribution in [2.75, 3.05) is 16.8 Å². The number of anilines is 2. The molecule has 0 saturated heterocycles. The standard InChI is InChI=1S/C15H14BrClN2OS/c16-10-1-4-12(5-2-10)21-8-7-15(20)19-14-9-11(17)3-6-13(14)18/h1-6,9H,7-8,18H2,(H,19,20). The van der Waals surface area contributed by atoms with Gasteiger partial charge in [0.1, 0.15) is 0 Å². The highest BCUT2D eigenvalue weighted by Crippen LogP contribution is 2.24. The summed E-state index contributed by atoms with van der Waals surface area (Å²) in [6.45, 7) is 0. The number of carbonyl (C=O) groups is 1. The van der Waals surface area contributed by atoms with E-state index in [1.807, 2.05) is 24.3 Å². The van der Waals surface area contributed by atoms with Gasteiger partial charge in [0.05, 0.1) is 11.4 Å². The molecule has 0 spiro atoms. The Labute approximate surface area is 141 Å². The zero-order valence-electron chi connectivity index (χ0n) is 11.1. The van der Waals surface area contributed by atoms with Crippen molar-refractivity contribution in [2.45, 2.75) is 11.3 Å². The van der Waals surface area contributed by atoms with E-state index >= 15 is 0 Å². The Morgan fingerprint density at radius 2 is 1.95 bits per heavy atom. The molecule has 0 aromatic heterocycles. The van der Waals surface area contributed by atoms with E-state index in [4.69, 9.17) is 17.3 Å². The lowest BCUT2D eigenvalue weighted by Crippen LogP contribution is -2.13. The molecule has 0 radical (unpaired) electrons. The number of hydrogen-bond donors (Lipinski definition) is 2. The van der Waals surface area contributed by atoms with E-state index in [1.165, 1.54) is 0 Å². The molecule has 0 aliphatic rings. The number of benzene rings is 2. The zero-order chi connectivity index (χ0) is 15.2. The van der Waals surface area contributed by atoms with Crippen molar-refractivity contribution >= 4 is 56.6 Å². The molecular formula is C15H14BrClN2OS. The predicted octanol–water partition coefficient (Wildman–Crippen LogP) is 4.81. The van der Waals surface area contributed by atoms with E-state index in [-0.39, 0.29) is 5.91 Å². The van der Waals surface area contributed by atoms with Gasteiger partial charge in [-0.1, -0.05) is 27.5 Å². The number of nitrogen functional groups attached to an aromatic ring is 1. The van der Waals surface area contributed by atoms with Crippen molar-refractivity contribution in [2.24, 2.45) is 0 Å².